The van der Waals surface area contributed by atoms with Crippen molar-refractivity contribution in [2.45, 2.75) is 20.3 Å². The van der Waals surface area contributed by atoms with E-state index in [1.807, 2.05) is 30.6 Å². The fourth-order valence-electron chi connectivity index (χ4n) is 2.36. The molecular formula is C16H15NOS. The average Bonchev–Trinajstić information content (AvgIpc) is 3.03. The summed E-state index contributed by atoms with van der Waals surface area (Å²) in [6, 6.07) is 8.18. The van der Waals surface area contributed by atoms with Gasteiger partial charge in [0, 0.05) is 22.7 Å². The molecule has 1 aromatic carbocycles. The zero-order chi connectivity index (χ0) is 13.4. The smallest absolute Gasteiger partial charge is 0.205 e. The van der Waals surface area contributed by atoms with Crippen molar-refractivity contribution in [1.29, 1.82) is 0 Å². The lowest BCUT2D eigenvalue weighted by atomic mass is 10.0. The molecule has 2 aromatic heterocycles. The second kappa shape index (κ2) is 4.67. The lowest BCUT2D eigenvalue weighted by molar-refractivity contribution is 0.104. The van der Waals surface area contributed by atoms with Gasteiger partial charge < -0.3 is 4.98 Å². The summed E-state index contributed by atoms with van der Waals surface area (Å²) in [4.78, 5) is 16.7. The molecule has 0 aliphatic carbocycles. The monoisotopic (exact) mass is 269 g/mol. The summed E-state index contributed by atoms with van der Waals surface area (Å²) in [6.45, 7) is 4.13. The fourth-order valence-corrected chi connectivity index (χ4v) is 3.31. The van der Waals surface area contributed by atoms with E-state index in [-0.39, 0.29) is 5.78 Å². The van der Waals surface area contributed by atoms with Crippen molar-refractivity contribution in [3.05, 3.63) is 57.4 Å². The average molecular weight is 269 g/mol. The number of aryl methyl sites for hydroxylation is 2. The van der Waals surface area contributed by atoms with Crippen LogP contribution in [0.1, 0.15) is 33.3 Å². The highest BCUT2D eigenvalue weighted by atomic mass is 32.1. The minimum atomic E-state index is 0.128. The maximum atomic E-state index is 12.7. The van der Waals surface area contributed by atoms with Gasteiger partial charge in [0.15, 0.2) is 0 Å². The van der Waals surface area contributed by atoms with E-state index < -0.39 is 0 Å². The zero-order valence-corrected chi connectivity index (χ0v) is 11.8. The van der Waals surface area contributed by atoms with Crippen LogP contribution in [0.4, 0.5) is 0 Å². The third kappa shape index (κ3) is 2.00. The van der Waals surface area contributed by atoms with Crippen LogP contribution in [0.15, 0.2) is 35.8 Å². The summed E-state index contributed by atoms with van der Waals surface area (Å²) in [5, 5.41) is 3.01. The zero-order valence-electron chi connectivity index (χ0n) is 11.0. The van der Waals surface area contributed by atoms with E-state index in [0.29, 0.717) is 0 Å². The van der Waals surface area contributed by atoms with Crippen LogP contribution >= 0.6 is 11.3 Å². The van der Waals surface area contributed by atoms with Gasteiger partial charge in [-0.3, -0.25) is 4.79 Å². The molecule has 0 amide bonds. The van der Waals surface area contributed by atoms with Gasteiger partial charge in [-0.2, -0.15) is 0 Å². The van der Waals surface area contributed by atoms with Crippen LogP contribution in [0.5, 0.6) is 0 Å². The van der Waals surface area contributed by atoms with Crippen LogP contribution in [0.2, 0.25) is 0 Å². The van der Waals surface area contributed by atoms with Crippen molar-refractivity contribution in [3.63, 3.8) is 0 Å². The van der Waals surface area contributed by atoms with Gasteiger partial charge in [-0.15, -0.1) is 11.3 Å². The Morgan fingerprint density at radius 1 is 1.32 bits per heavy atom. The molecule has 3 aromatic rings. The number of H-pyrrole nitrogens is 1. The first-order valence-electron chi connectivity index (χ1n) is 6.39. The topological polar surface area (TPSA) is 32.9 Å². The molecule has 0 saturated carbocycles. The molecule has 0 unspecified atom stereocenters. The molecule has 0 saturated heterocycles. The normalized spacial score (nSPS) is 11.1. The van der Waals surface area contributed by atoms with Crippen molar-refractivity contribution in [2.75, 3.05) is 0 Å². The maximum absolute atomic E-state index is 12.7. The summed E-state index contributed by atoms with van der Waals surface area (Å²) in [5.41, 5.74) is 4.10. The van der Waals surface area contributed by atoms with E-state index >= 15 is 0 Å². The lowest BCUT2D eigenvalue weighted by Gasteiger charge is -2.01. The number of nitrogens with one attached hydrogen (secondary N) is 1. The lowest BCUT2D eigenvalue weighted by Crippen LogP contribution is -2.00. The Kier molecular flexibility index (Phi) is 2.99. The predicted octanol–water partition coefficient (Wildman–Crippen LogP) is 4.33. The number of fused-ring (bicyclic) bond motifs is 1. The van der Waals surface area contributed by atoms with Crippen molar-refractivity contribution in [3.8, 4) is 0 Å². The number of aromatic nitrogens is 1. The summed E-state index contributed by atoms with van der Waals surface area (Å²) >= 11 is 1.53. The molecule has 3 heteroatoms. The molecule has 2 nitrogen and oxygen atoms in total. The number of benzene rings is 1. The predicted molar refractivity (Wildman–Crippen MR) is 80.2 cm³/mol. The molecule has 0 spiro atoms. The van der Waals surface area contributed by atoms with E-state index in [2.05, 4.69) is 24.0 Å². The largest absolute Gasteiger partial charge is 0.360 e. The van der Waals surface area contributed by atoms with Gasteiger partial charge in [0.1, 0.15) is 0 Å². The molecule has 0 bridgehead atoms. The van der Waals surface area contributed by atoms with Gasteiger partial charge >= 0.3 is 0 Å². The SMILES string of the molecule is CCc1ccsc1C(=O)c1c[nH]c2ccc(C)cc12. The number of aromatic amines is 1. The van der Waals surface area contributed by atoms with Gasteiger partial charge in [-0.1, -0.05) is 18.6 Å². The highest BCUT2D eigenvalue weighted by Gasteiger charge is 2.17. The number of hydrogen-bond acceptors (Lipinski definition) is 2. The Balaban J connectivity index is 2.14. The van der Waals surface area contributed by atoms with Gasteiger partial charge in [-0.05, 0) is 42.5 Å². The number of carbonyl (C=O) groups excluding carboxylic acids is 1. The number of ketones is 1. The Bertz CT molecular complexity index is 751. The third-order valence-corrected chi connectivity index (χ3v) is 4.37. The maximum Gasteiger partial charge on any atom is 0.205 e. The van der Waals surface area contributed by atoms with Gasteiger partial charge in [0.25, 0.3) is 0 Å². The summed E-state index contributed by atoms with van der Waals surface area (Å²) in [5.74, 6) is 0.128. The molecule has 0 atom stereocenters. The Morgan fingerprint density at radius 3 is 2.95 bits per heavy atom. The first-order valence-corrected chi connectivity index (χ1v) is 7.27. The van der Waals surface area contributed by atoms with Crippen LogP contribution in [0.25, 0.3) is 10.9 Å². The molecule has 0 aliphatic rings. The number of carbonyl (C=O) groups is 1. The van der Waals surface area contributed by atoms with Gasteiger partial charge in [0.05, 0.1) is 4.88 Å². The summed E-state index contributed by atoms with van der Waals surface area (Å²) in [7, 11) is 0. The molecular weight excluding hydrogens is 254 g/mol. The summed E-state index contributed by atoms with van der Waals surface area (Å²) in [6.07, 6.45) is 2.72. The van der Waals surface area contributed by atoms with Crippen molar-refractivity contribution in [2.24, 2.45) is 0 Å². The van der Waals surface area contributed by atoms with Gasteiger partial charge in [0.2, 0.25) is 5.78 Å². The quantitative estimate of drug-likeness (QED) is 0.705. The first-order chi connectivity index (χ1) is 9.20. The molecule has 0 radical (unpaired) electrons. The third-order valence-electron chi connectivity index (χ3n) is 3.42. The second-order valence-electron chi connectivity index (χ2n) is 4.71. The van der Waals surface area contributed by atoms with E-state index in [9.17, 15) is 4.79 Å². The molecule has 0 fully saturated rings. The molecule has 2 heterocycles. The van der Waals surface area contributed by atoms with Crippen molar-refractivity contribution in [1.82, 2.24) is 4.98 Å². The molecule has 96 valence electrons. The van der Waals surface area contributed by atoms with E-state index in [1.54, 1.807) is 0 Å². The molecule has 1 N–H and O–H groups in total. The van der Waals surface area contributed by atoms with Gasteiger partial charge in [-0.25, -0.2) is 0 Å². The van der Waals surface area contributed by atoms with Crippen molar-refractivity contribution >= 4 is 28.0 Å². The van der Waals surface area contributed by atoms with Crippen molar-refractivity contribution < 1.29 is 4.79 Å². The minimum absolute atomic E-state index is 0.128. The highest BCUT2D eigenvalue weighted by Crippen LogP contribution is 2.26. The van der Waals surface area contributed by atoms with E-state index in [4.69, 9.17) is 0 Å². The Morgan fingerprint density at radius 2 is 2.16 bits per heavy atom. The summed E-state index contributed by atoms with van der Waals surface area (Å²) < 4.78 is 0. The minimum Gasteiger partial charge on any atom is -0.360 e. The number of rotatable bonds is 3. The van der Waals surface area contributed by atoms with Crippen LogP contribution in [-0.2, 0) is 6.42 Å². The first kappa shape index (κ1) is 12.2. The Hall–Kier alpha value is -1.87. The molecule has 3 rings (SSSR count). The second-order valence-corrected chi connectivity index (χ2v) is 5.63. The van der Waals surface area contributed by atoms with E-state index in [1.165, 1.54) is 16.9 Å². The molecule has 19 heavy (non-hydrogen) atoms. The van der Waals surface area contributed by atoms with Crippen LogP contribution < -0.4 is 0 Å². The van der Waals surface area contributed by atoms with E-state index in [0.717, 1.165) is 33.3 Å². The Labute approximate surface area is 116 Å². The fraction of sp³-hybridized carbons (Fsp3) is 0.188. The standard InChI is InChI=1S/C16H15NOS/c1-3-11-6-7-19-16(11)15(18)13-9-17-14-5-4-10(2)8-12(13)14/h4-9,17H,3H2,1-2H3. The molecule has 0 aliphatic heterocycles. The number of hydrogen-bond donors (Lipinski definition) is 1. The highest BCUT2D eigenvalue weighted by molar-refractivity contribution is 7.12. The number of thiophene rings is 1. The van der Waals surface area contributed by atoms with Crippen LogP contribution in [0, 0.1) is 6.92 Å². The van der Waals surface area contributed by atoms with Crippen LogP contribution in [0.3, 0.4) is 0 Å². The van der Waals surface area contributed by atoms with Crippen LogP contribution in [-0.4, -0.2) is 10.8 Å².